The van der Waals surface area contributed by atoms with Crippen LogP contribution in [0.3, 0.4) is 0 Å². The number of aromatic nitrogens is 3. The molecule has 0 aliphatic carbocycles. The minimum atomic E-state index is -0.236. The van der Waals surface area contributed by atoms with E-state index in [1.807, 2.05) is 0 Å². The van der Waals surface area contributed by atoms with Crippen molar-refractivity contribution in [3.63, 3.8) is 0 Å². The third kappa shape index (κ3) is 2.37. The number of carbonyl (C=O) groups is 1. The second kappa shape index (κ2) is 3.70. The van der Waals surface area contributed by atoms with Crippen molar-refractivity contribution < 1.29 is 9.53 Å². The molecule has 0 bridgehead atoms. The van der Waals surface area contributed by atoms with Crippen LogP contribution in [0.4, 0.5) is 0 Å². The lowest BCUT2D eigenvalue weighted by atomic mass is 10.5. The van der Waals surface area contributed by atoms with Gasteiger partial charge in [0.25, 0.3) is 0 Å². The second-order valence-electron chi connectivity index (χ2n) is 1.94. The summed E-state index contributed by atoms with van der Waals surface area (Å²) in [7, 11) is 0. The normalized spacial score (nSPS) is 9.55. The standard InChI is InChI=1S/C6H9N3O2/c1-2-6(10)11-5-9-4-3-7-8-9/h3-4H,2,5H2,1H3. The summed E-state index contributed by atoms with van der Waals surface area (Å²) in [5, 5.41) is 7.16. The first-order chi connectivity index (χ1) is 5.33. The van der Waals surface area contributed by atoms with Crippen molar-refractivity contribution in [1.82, 2.24) is 15.0 Å². The van der Waals surface area contributed by atoms with Crippen molar-refractivity contribution in [2.75, 3.05) is 0 Å². The van der Waals surface area contributed by atoms with E-state index in [4.69, 9.17) is 4.74 Å². The Morgan fingerprint density at radius 1 is 1.73 bits per heavy atom. The molecule has 0 saturated heterocycles. The van der Waals surface area contributed by atoms with Crippen LogP contribution in [0.25, 0.3) is 0 Å². The largest absolute Gasteiger partial charge is 0.442 e. The Hall–Kier alpha value is -1.39. The molecule has 1 heterocycles. The third-order valence-electron chi connectivity index (χ3n) is 1.12. The number of ether oxygens (including phenoxy) is 1. The van der Waals surface area contributed by atoms with E-state index in [0.717, 1.165) is 0 Å². The summed E-state index contributed by atoms with van der Waals surface area (Å²) in [4.78, 5) is 10.6. The molecule has 0 fully saturated rings. The lowest BCUT2D eigenvalue weighted by molar-refractivity contribution is -0.147. The summed E-state index contributed by atoms with van der Waals surface area (Å²) in [6.45, 7) is 1.89. The average molecular weight is 155 g/mol. The van der Waals surface area contributed by atoms with Crippen molar-refractivity contribution in [3.8, 4) is 0 Å². The Balaban J connectivity index is 2.29. The van der Waals surface area contributed by atoms with Crippen molar-refractivity contribution >= 4 is 5.97 Å². The lowest BCUT2D eigenvalue weighted by Gasteiger charge is -2.00. The number of hydrogen-bond donors (Lipinski definition) is 0. The molecule has 0 amide bonds. The van der Waals surface area contributed by atoms with Crippen LogP contribution in [0.15, 0.2) is 12.4 Å². The highest BCUT2D eigenvalue weighted by atomic mass is 16.5. The zero-order valence-corrected chi connectivity index (χ0v) is 6.23. The molecule has 60 valence electrons. The van der Waals surface area contributed by atoms with E-state index >= 15 is 0 Å². The molecule has 0 spiro atoms. The fourth-order valence-electron chi connectivity index (χ4n) is 0.542. The molecule has 0 aromatic carbocycles. The molecule has 0 saturated carbocycles. The average Bonchev–Trinajstić information content (AvgIpc) is 2.52. The number of esters is 1. The van der Waals surface area contributed by atoms with Gasteiger partial charge in [0, 0.05) is 12.6 Å². The summed E-state index contributed by atoms with van der Waals surface area (Å²) < 4.78 is 6.20. The van der Waals surface area contributed by atoms with E-state index in [1.165, 1.54) is 10.9 Å². The highest BCUT2D eigenvalue weighted by molar-refractivity contribution is 5.68. The van der Waals surface area contributed by atoms with Crippen LogP contribution in [-0.4, -0.2) is 21.0 Å². The third-order valence-corrected chi connectivity index (χ3v) is 1.12. The Morgan fingerprint density at radius 2 is 2.55 bits per heavy atom. The highest BCUT2D eigenvalue weighted by Gasteiger charge is 1.97. The van der Waals surface area contributed by atoms with Gasteiger partial charge in [0.05, 0.1) is 6.20 Å². The zero-order chi connectivity index (χ0) is 8.10. The topological polar surface area (TPSA) is 57.0 Å². The van der Waals surface area contributed by atoms with Gasteiger partial charge in [0.2, 0.25) is 0 Å². The van der Waals surface area contributed by atoms with Crippen LogP contribution in [0, 0.1) is 0 Å². The van der Waals surface area contributed by atoms with Crippen molar-refractivity contribution in [3.05, 3.63) is 12.4 Å². The van der Waals surface area contributed by atoms with Gasteiger partial charge in [-0.25, -0.2) is 4.68 Å². The molecular formula is C6H9N3O2. The van der Waals surface area contributed by atoms with Gasteiger partial charge in [-0.1, -0.05) is 12.1 Å². The Kier molecular flexibility index (Phi) is 2.59. The zero-order valence-electron chi connectivity index (χ0n) is 6.23. The van der Waals surface area contributed by atoms with Crippen LogP contribution in [0.5, 0.6) is 0 Å². The van der Waals surface area contributed by atoms with Crippen molar-refractivity contribution in [1.29, 1.82) is 0 Å². The van der Waals surface area contributed by atoms with Gasteiger partial charge in [0.15, 0.2) is 6.73 Å². The van der Waals surface area contributed by atoms with Gasteiger partial charge in [-0.15, -0.1) is 5.10 Å². The molecular weight excluding hydrogens is 146 g/mol. The van der Waals surface area contributed by atoms with Crippen molar-refractivity contribution in [2.45, 2.75) is 20.1 Å². The second-order valence-corrected chi connectivity index (χ2v) is 1.94. The van der Waals surface area contributed by atoms with E-state index in [0.29, 0.717) is 6.42 Å². The minimum Gasteiger partial charge on any atom is -0.442 e. The molecule has 1 aromatic rings. The first-order valence-electron chi connectivity index (χ1n) is 3.32. The molecule has 5 nitrogen and oxygen atoms in total. The van der Waals surface area contributed by atoms with Gasteiger partial charge in [-0.2, -0.15) is 0 Å². The molecule has 1 aromatic heterocycles. The number of hydrogen-bond acceptors (Lipinski definition) is 4. The molecule has 11 heavy (non-hydrogen) atoms. The Bertz CT molecular complexity index is 220. The minimum absolute atomic E-state index is 0.146. The first kappa shape index (κ1) is 7.71. The highest BCUT2D eigenvalue weighted by Crippen LogP contribution is 1.87. The van der Waals surface area contributed by atoms with Gasteiger partial charge in [-0.05, 0) is 0 Å². The lowest BCUT2D eigenvalue weighted by Crippen LogP contribution is -2.08. The van der Waals surface area contributed by atoms with Gasteiger partial charge >= 0.3 is 5.97 Å². The van der Waals surface area contributed by atoms with E-state index in [1.54, 1.807) is 13.1 Å². The monoisotopic (exact) mass is 155 g/mol. The van der Waals surface area contributed by atoms with Crippen LogP contribution < -0.4 is 0 Å². The number of nitrogens with zero attached hydrogens (tertiary/aromatic N) is 3. The van der Waals surface area contributed by atoms with Crippen molar-refractivity contribution in [2.24, 2.45) is 0 Å². The van der Waals surface area contributed by atoms with Gasteiger partial charge in [0.1, 0.15) is 0 Å². The molecule has 5 heteroatoms. The Labute approximate surface area is 64.0 Å². The van der Waals surface area contributed by atoms with Crippen LogP contribution in [0.2, 0.25) is 0 Å². The predicted molar refractivity (Wildman–Crippen MR) is 36.4 cm³/mol. The van der Waals surface area contributed by atoms with Crippen LogP contribution in [-0.2, 0) is 16.3 Å². The fraction of sp³-hybridized carbons (Fsp3) is 0.500. The number of carbonyl (C=O) groups excluding carboxylic acids is 1. The van der Waals surface area contributed by atoms with E-state index < -0.39 is 0 Å². The summed E-state index contributed by atoms with van der Waals surface area (Å²) in [5.74, 6) is -0.236. The van der Waals surface area contributed by atoms with Gasteiger partial charge < -0.3 is 4.74 Å². The molecule has 1 rings (SSSR count). The summed E-state index contributed by atoms with van der Waals surface area (Å²) in [6.07, 6.45) is 3.54. The molecule has 0 unspecified atom stereocenters. The van der Waals surface area contributed by atoms with E-state index in [-0.39, 0.29) is 12.7 Å². The summed E-state index contributed by atoms with van der Waals surface area (Å²) in [6, 6.07) is 0. The summed E-state index contributed by atoms with van der Waals surface area (Å²) >= 11 is 0. The molecule has 0 atom stereocenters. The van der Waals surface area contributed by atoms with Gasteiger partial charge in [-0.3, -0.25) is 4.79 Å². The number of rotatable bonds is 3. The molecule has 0 aliphatic rings. The van der Waals surface area contributed by atoms with Crippen LogP contribution >= 0.6 is 0 Å². The molecule has 0 radical (unpaired) electrons. The van der Waals surface area contributed by atoms with Crippen LogP contribution in [0.1, 0.15) is 13.3 Å². The SMILES string of the molecule is CCC(=O)OCn1ccnn1. The van der Waals surface area contributed by atoms with E-state index in [2.05, 4.69) is 10.3 Å². The predicted octanol–water partition coefficient (Wildman–Crippen LogP) is 0.189. The molecule has 0 aliphatic heterocycles. The Morgan fingerprint density at radius 3 is 3.09 bits per heavy atom. The maximum Gasteiger partial charge on any atom is 0.307 e. The first-order valence-corrected chi connectivity index (χ1v) is 3.32. The quantitative estimate of drug-likeness (QED) is 0.584. The maximum absolute atomic E-state index is 10.6. The fourth-order valence-corrected chi connectivity index (χ4v) is 0.542. The smallest absolute Gasteiger partial charge is 0.307 e. The van der Waals surface area contributed by atoms with E-state index in [9.17, 15) is 4.79 Å². The molecule has 0 N–H and O–H groups in total. The maximum atomic E-state index is 10.6. The summed E-state index contributed by atoms with van der Waals surface area (Å²) in [5.41, 5.74) is 0.